The van der Waals surface area contributed by atoms with Crippen molar-refractivity contribution in [3.63, 3.8) is 0 Å². The Kier molecular flexibility index (Phi) is 15.4. The number of allylic oxidation sites excluding steroid dienone is 13. The van der Waals surface area contributed by atoms with Gasteiger partial charge in [0, 0.05) is 0 Å². The van der Waals surface area contributed by atoms with E-state index in [0.717, 1.165) is 0 Å². The van der Waals surface area contributed by atoms with Crippen LogP contribution in [0.25, 0.3) is 6.08 Å². The standard InChI is InChI=1S/C16H22.C10H15.C9H7.4ClH.2Zr/c1-9-7-15(13(5)11(9)3)16-8-10(2)12(4)14(16)6;1-7-6-10(4,5)9(3)8(7)2;1-2-5-9-7-3-6-8(9)4-1;;;;;;/h7-8H2,1-6H3;1-5H3;1-7H;4*1H;;/q;;;;;;;2*+2/p-4. The third kappa shape index (κ3) is 8.33. The molecule has 0 amide bonds. The van der Waals surface area contributed by atoms with Gasteiger partial charge in [-0.15, -0.1) is 0 Å². The summed E-state index contributed by atoms with van der Waals surface area (Å²) in [7, 11) is 12.3. The number of hydrogen-bond donors (Lipinski definition) is 0. The zero-order valence-corrected chi connectivity index (χ0v) is 34.4. The molecule has 0 spiro atoms. The van der Waals surface area contributed by atoms with Gasteiger partial charge < -0.3 is 24.8 Å². The molecule has 6 heteroatoms. The van der Waals surface area contributed by atoms with Crippen LogP contribution in [0, 0.1) is 5.41 Å². The van der Waals surface area contributed by atoms with Crippen molar-refractivity contribution in [3.8, 4) is 0 Å². The summed E-state index contributed by atoms with van der Waals surface area (Å²) in [5.74, 6) is 0. The average molecular weight is 789 g/mol. The molecule has 5 rings (SSSR count). The molecule has 0 fully saturated rings. The predicted molar refractivity (Wildman–Crippen MR) is 166 cm³/mol. The molecule has 1 unspecified atom stereocenters. The number of halogens is 4. The molecular formula is C35H44Cl4Zr2. The van der Waals surface area contributed by atoms with E-state index in [9.17, 15) is 0 Å². The predicted octanol–water partition coefficient (Wildman–Crippen LogP) is 5.97. The van der Waals surface area contributed by atoms with Gasteiger partial charge in [0.2, 0.25) is 0 Å². The van der Waals surface area contributed by atoms with Crippen molar-refractivity contribution < 1.29 is 68.9 Å². The first-order valence-corrected chi connectivity index (χ1v) is 22.9. The molecule has 0 nitrogen and oxygen atoms in total. The van der Waals surface area contributed by atoms with Gasteiger partial charge in [0.15, 0.2) is 0 Å². The molecule has 0 saturated carbocycles. The molecule has 1 atom stereocenters. The van der Waals surface area contributed by atoms with Gasteiger partial charge in [-0.2, -0.15) is 0 Å². The molecule has 1 aromatic carbocycles. The summed E-state index contributed by atoms with van der Waals surface area (Å²) in [6.07, 6.45) is 6.84. The maximum atomic E-state index is 6.17. The van der Waals surface area contributed by atoms with Crippen LogP contribution in [0.1, 0.15) is 104 Å². The second-order valence-corrected chi connectivity index (χ2v) is 21.6. The van der Waals surface area contributed by atoms with E-state index in [0.29, 0.717) is 3.63 Å². The summed E-state index contributed by atoms with van der Waals surface area (Å²) in [6.45, 7) is 24.6. The molecule has 41 heavy (non-hydrogen) atoms. The van der Waals surface area contributed by atoms with Crippen LogP contribution in [0.2, 0.25) is 0 Å². The van der Waals surface area contributed by atoms with Crippen LogP contribution in [0.15, 0.2) is 94.9 Å². The van der Waals surface area contributed by atoms with Gasteiger partial charge in [0.25, 0.3) is 0 Å². The van der Waals surface area contributed by atoms with Gasteiger partial charge >= 0.3 is 172 Å². The molecule has 0 aromatic heterocycles. The van der Waals surface area contributed by atoms with Crippen molar-refractivity contribution in [3.05, 3.63) is 106 Å². The molecular weight excluding hydrogens is 745 g/mol. The number of hydrogen-bond acceptors (Lipinski definition) is 0. The molecule has 0 aliphatic heterocycles. The topological polar surface area (TPSA) is 0 Å². The first kappa shape index (κ1) is 39.4. The van der Waals surface area contributed by atoms with E-state index in [4.69, 9.17) is 17.0 Å². The number of benzene rings is 1. The van der Waals surface area contributed by atoms with Crippen LogP contribution < -0.4 is 24.8 Å². The Morgan fingerprint density at radius 2 is 1.17 bits per heavy atom. The molecule has 1 aromatic rings. The zero-order valence-electron chi connectivity index (χ0n) is 26.5. The third-order valence-corrected chi connectivity index (χ3v) is 16.5. The molecule has 0 saturated heterocycles. The Hall–Kier alpha value is 0.326. The molecule has 0 bridgehead atoms. The first-order valence-electron chi connectivity index (χ1n) is 13.9. The molecule has 0 N–H and O–H groups in total. The van der Waals surface area contributed by atoms with E-state index in [1.54, 1.807) is 47.0 Å². The molecule has 0 radical (unpaired) electrons. The second kappa shape index (κ2) is 16.1. The van der Waals surface area contributed by atoms with Gasteiger partial charge in [-0.3, -0.25) is 0 Å². The minimum atomic E-state index is -2.25. The van der Waals surface area contributed by atoms with Crippen molar-refractivity contribution in [1.29, 1.82) is 0 Å². The van der Waals surface area contributed by atoms with Crippen LogP contribution in [-0.4, -0.2) is 0 Å². The molecule has 4 aliphatic rings. The number of rotatable bonds is 2. The average Bonchev–Trinajstić information content (AvgIpc) is 3.52. The fourth-order valence-corrected chi connectivity index (χ4v) is 14.2. The van der Waals surface area contributed by atoms with E-state index in [1.165, 1.54) is 66.3 Å². The summed E-state index contributed by atoms with van der Waals surface area (Å²) in [6, 6.07) is 8.60. The Morgan fingerprint density at radius 1 is 0.707 bits per heavy atom. The van der Waals surface area contributed by atoms with E-state index in [2.05, 4.69) is 113 Å². The van der Waals surface area contributed by atoms with Gasteiger partial charge in [0.05, 0.1) is 0 Å². The van der Waals surface area contributed by atoms with Crippen molar-refractivity contribution in [2.75, 3.05) is 0 Å². The van der Waals surface area contributed by atoms with Gasteiger partial charge in [-0.25, -0.2) is 0 Å². The van der Waals surface area contributed by atoms with Crippen LogP contribution in [0.4, 0.5) is 0 Å². The van der Waals surface area contributed by atoms with Crippen LogP contribution in [-0.2, 0) is 44.1 Å². The Bertz CT molecular complexity index is 1350. The summed E-state index contributed by atoms with van der Waals surface area (Å²) in [5, 5.41) is 0. The van der Waals surface area contributed by atoms with Crippen molar-refractivity contribution in [1.82, 2.24) is 0 Å². The zero-order chi connectivity index (χ0) is 29.4. The van der Waals surface area contributed by atoms with Crippen molar-refractivity contribution >= 4 is 23.1 Å². The van der Waals surface area contributed by atoms with Crippen LogP contribution >= 0.6 is 17.0 Å². The Labute approximate surface area is 293 Å². The van der Waals surface area contributed by atoms with Crippen molar-refractivity contribution in [2.45, 2.75) is 92.6 Å². The normalized spacial score (nSPS) is 20.6. The monoisotopic (exact) mass is 784 g/mol. The molecule has 4 aliphatic carbocycles. The van der Waals surface area contributed by atoms with E-state index < -0.39 is 19.4 Å². The van der Waals surface area contributed by atoms with E-state index in [-0.39, 0.29) is 30.2 Å². The Balaban J connectivity index is 0.000000307. The Morgan fingerprint density at radius 3 is 1.49 bits per heavy atom. The fourth-order valence-electron chi connectivity index (χ4n) is 6.04. The summed E-state index contributed by atoms with van der Waals surface area (Å²) >= 11 is -0.659. The SMILES string of the molecule is CC1=C(C)C(C)(C)[C]([Zr]([Cl])[Cl])=C1C.CC1=C(C)C(C)=C(C2=C(C)C(C)=C(C)C2)C1.[Cl-].[Cl-].[Zr+2][CH]1C=Cc2ccccc21. The van der Waals surface area contributed by atoms with Crippen molar-refractivity contribution in [2.24, 2.45) is 5.41 Å². The quantitative estimate of drug-likeness (QED) is 0.347. The molecule has 0 heterocycles. The van der Waals surface area contributed by atoms with Crippen LogP contribution in [0.5, 0.6) is 0 Å². The molecule has 220 valence electrons. The fraction of sp³-hybridized carbons (Fsp3) is 0.429. The van der Waals surface area contributed by atoms with Gasteiger partial charge in [-0.1, -0.05) is 11.1 Å². The minimum absolute atomic E-state index is 0. The van der Waals surface area contributed by atoms with Crippen LogP contribution in [0.3, 0.4) is 0 Å². The summed E-state index contributed by atoms with van der Waals surface area (Å²) in [4.78, 5) is 0. The van der Waals surface area contributed by atoms with Gasteiger partial charge in [-0.05, 0) is 87.8 Å². The van der Waals surface area contributed by atoms with E-state index in [1.807, 2.05) is 0 Å². The van der Waals surface area contributed by atoms with E-state index >= 15 is 0 Å². The second-order valence-electron chi connectivity index (χ2n) is 12.0. The third-order valence-electron chi connectivity index (χ3n) is 9.61. The first-order chi connectivity index (χ1) is 18.1. The summed E-state index contributed by atoms with van der Waals surface area (Å²) in [5.41, 5.74) is 19.6. The number of fused-ring (bicyclic) bond motifs is 1. The maximum absolute atomic E-state index is 6.17. The van der Waals surface area contributed by atoms with Gasteiger partial charge in [0.1, 0.15) is 0 Å². The summed E-state index contributed by atoms with van der Waals surface area (Å²) < 4.78 is 2.07.